The zero-order chi connectivity index (χ0) is 37.3. The van der Waals surface area contributed by atoms with Crippen molar-refractivity contribution in [1.82, 2.24) is 9.13 Å². The first-order valence-corrected chi connectivity index (χ1v) is 17.4. The molecule has 0 unspecified atom stereocenters. The quantitative estimate of drug-likeness (QED) is 0.168. The summed E-state index contributed by atoms with van der Waals surface area (Å²) in [6.45, 7) is 12.0. The van der Waals surface area contributed by atoms with E-state index in [1.807, 2.05) is 54.6 Å². The molecule has 9 rings (SSSR count). The topological polar surface area (TPSA) is 38.0 Å². The lowest BCUT2D eigenvalue weighted by molar-refractivity contribution is -0.137. The SMILES string of the molecule is [C-]#[N+]c1cc(C(F)(F)F)ccc1-c1ccc(-n2c3ccccc3c3cc(C)ccc32)c(-c2ccc(C#N)cc2-n2c3ccccc3c3cc(C)ccc32)c1. The van der Waals surface area contributed by atoms with Crippen LogP contribution in [-0.2, 0) is 6.18 Å². The Morgan fingerprint density at radius 3 is 1.72 bits per heavy atom. The highest BCUT2D eigenvalue weighted by atomic mass is 19.4. The summed E-state index contributed by atoms with van der Waals surface area (Å²) in [7, 11) is 0. The number of fused-ring (bicyclic) bond motifs is 6. The van der Waals surface area contributed by atoms with Gasteiger partial charge in [-0.25, -0.2) is 4.85 Å². The molecule has 54 heavy (non-hydrogen) atoms. The first-order chi connectivity index (χ1) is 26.1. The van der Waals surface area contributed by atoms with Crippen molar-refractivity contribution in [3.8, 4) is 39.7 Å². The van der Waals surface area contributed by atoms with Crippen LogP contribution in [0.5, 0.6) is 0 Å². The lowest BCUT2D eigenvalue weighted by Gasteiger charge is -2.20. The van der Waals surface area contributed by atoms with Crippen molar-refractivity contribution < 1.29 is 13.2 Å². The van der Waals surface area contributed by atoms with E-state index < -0.39 is 11.7 Å². The van der Waals surface area contributed by atoms with Crippen molar-refractivity contribution in [3.63, 3.8) is 0 Å². The van der Waals surface area contributed by atoms with Gasteiger partial charge in [0.2, 0.25) is 0 Å². The van der Waals surface area contributed by atoms with E-state index in [9.17, 15) is 18.4 Å². The van der Waals surface area contributed by atoms with Crippen LogP contribution in [0, 0.1) is 31.8 Å². The van der Waals surface area contributed by atoms with Crippen LogP contribution in [0.25, 0.3) is 82.1 Å². The van der Waals surface area contributed by atoms with Crippen LogP contribution in [0.1, 0.15) is 22.3 Å². The van der Waals surface area contributed by atoms with Crippen molar-refractivity contribution in [1.29, 1.82) is 5.26 Å². The predicted molar refractivity (Wildman–Crippen MR) is 211 cm³/mol. The number of hydrogen-bond acceptors (Lipinski definition) is 1. The number of aryl methyl sites for hydroxylation is 2. The van der Waals surface area contributed by atoms with Crippen LogP contribution >= 0.6 is 0 Å². The summed E-state index contributed by atoms with van der Waals surface area (Å²) in [6, 6.07) is 46.3. The maximum absolute atomic E-state index is 13.8. The van der Waals surface area contributed by atoms with Gasteiger partial charge in [0.05, 0.1) is 51.6 Å². The monoisotopic (exact) mass is 706 g/mol. The summed E-state index contributed by atoms with van der Waals surface area (Å²) in [5, 5.41) is 14.5. The second kappa shape index (κ2) is 12.3. The fourth-order valence-corrected chi connectivity index (χ4v) is 7.87. The summed E-state index contributed by atoms with van der Waals surface area (Å²) >= 11 is 0. The zero-order valence-electron chi connectivity index (χ0n) is 29.2. The van der Waals surface area contributed by atoms with Crippen LogP contribution in [0.3, 0.4) is 0 Å². The maximum atomic E-state index is 13.8. The number of para-hydroxylation sites is 2. The van der Waals surface area contributed by atoms with Crippen molar-refractivity contribution in [2.45, 2.75) is 20.0 Å². The highest BCUT2D eigenvalue weighted by Gasteiger charge is 2.31. The van der Waals surface area contributed by atoms with E-state index in [1.54, 1.807) is 6.07 Å². The first kappa shape index (κ1) is 32.8. The van der Waals surface area contributed by atoms with Gasteiger partial charge in [-0.05, 0) is 91.7 Å². The molecule has 0 fully saturated rings. The maximum Gasteiger partial charge on any atom is 0.415 e. The molecule has 9 aromatic rings. The number of hydrogen-bond donors (Lipinski definition) is 0. The lowest BCUT2D eigenvalue weighted by Crippen LogP contribution is -2.04. The third kappa shape index (κ3) is 5.13. The number of rotatable bonds is 4. The van der Waals surface area contributed by atoms with E-state index in [1.165, 1.54) is 6.07 Å². The fraction of sp³-hybridized carbons (Fsp3) is 0.0638. The fourth-order valence-electron chi connectivity index (χ4n) is 7.87. The van der Waals surface area contributed by atoms with Crippen LogP contribution < -0.4 is 0 Å². The largest absolute Gasteiger partial charge is 0.415 e. The van der Waals surface area contributed by atoms with Crippen LogP contribution in [0.4, 0.5) is 18.9 Å². The summed E-state index contributed by atoms with van der Waals surface area (Å²) in [5.74, 6) is 0. The summed E-state index contributed by atoms with van der Waals surface area (Å²) in [4.78, 5) is 3.55. The molecule has 0 saturated carbocycles. The molecule has 0 aliphatic rings. The Bertz CT molecular complexity index is 3090. The minimum absolute atomic E-state index is 0.0892. The molecule has 0 aliphatic heterocycles. The molecule has 0 atom stereocenters. The number of alkyl halides is 3. The highest BCUT2D eigenvalue weighted by Crippen LogP contribution is 2.44. The molecule has 0 N–H and O–H groups in total. The molecular formula is C47H29F3N4. The number of halogens is 3. The third-order valence-corrected chi connectivity index (χ3v) is 10.3. The van der Waals surface area contributed by atoms with Crippen molar-refractivity contribution in [3.05, 3.63) is 173 Å². The van der Waals surface area contributed by atoms with E-state index in [0.29, 0.717) is 16.7 Å². The number of nitriles is 1. The van der Waals surface area contributed by atoms with Gasteiger partial charge in [-0.3, -0.25) is 0 Å². The molecule has 7 aromatic carbocycles. The molecular weight excluding hydrogens is 678 g/mol. The second-order valence-electron chi connectivity index (χ2n) is 13.7. The van der Waals surface area contributed by atoms with E-state index in [0.717, 1.165) is 89.4 Å². The van der Waals surface area contributed by atoms with Gasteiger partial charge < -0.3 is 9.13 Å². The molecule has 4 nitrogen and oxygen atoms in total. The van der Waals surface area contributed by atoms with Gasteiger partial charge in [-0.15, -0.1) is 0 Å². The van der Waals surface area contributed by atoms with Gasteiger partial charge in [0.15, 0.2) is 5.69 Å². The normalized spacial score (nSPS) is 11.8. The Morgan fingerprint density at radius 1 is 0.556 bits per heavy atom. The molecule has 0 aliphatic carbocycles. The van der Waals surface area contributed by atoms with Crippen molar-refractivity contribution in [2.24, 2.45) is 0 Å². The van der Waals surface area contributed by atoms with E-state index in [4.69, 9.17) is 6.57 Å². The third-order valence-electron chi connectivity index (χ3n) is 10.3. The number of aromatic nitrogens is 2. The first-order valence-electron chi connectivity index (χ1n) is 17.4. The molecule has 2 heterocycles. The van der Waals surface area contributed by atoms with Crippen molar-refractivity contribution >= 4 is 49.3 Å². The molecule has 0 spiro atoms. The van der Waals surface area contributed by atoms with Gasteiger partial charge >= 0.3 is 6.18 Å². The molecule has 0 amide bonds. The Labute approximate surface area is 309 Å². The average molecular weight is 707 g/mol. The molecule has 0 radical (unpaired) electrons. The summed E-state index contributed by atoms with van der Waals surface area (Å²) < 4.78 is 45.7. The molecule has 0 bridgehead atoms. The Morgan fingerprint density at radius 2 is 1.13 bits per heavy atom. The zero-order valence-corrected chi connectivity index (χ0v) is 29.2. The minimum Gasteiger partial charge on any atom is -0.309 e. The molecule has 7 heteroatoms. The number of nitrogens with zero attached hydrogens (tertiary/aromatic N) is 4. The van der Waals surface area contributed by atoms with Gasteiger partial charge in [0.25, 0.3) is 0 Å². The highest BCUT2D eigenvalue weighted by molar-refractivity contribution is 6.12. The van der Waals surface area contributed by atoms with Gasteiger partial charge in [0, 0.05) is 38.2 Å². The smallest absolute Gasteiger partial charge is 0.309 e. The molecule has 258 valence electrons. The van der Waals surface area contributed by atoms with Gasteiger partial charge in [-0.2, -0.15) is 18.4 Å². The second-order valence-corrected chi connectivity index (χ2v) is 13.7. The van der Waals surface area contributed by atoms with Crippen LogP contribution in [-0.4, -0.2) is 9.13 Å². The summed E-state index contributed by atoms with van der Waals surface area (Å²) in [6.07, 6.45) is -4.58. The van der Waals surface area contributed by atoms with Gasteiger partial charge in [0.1, 0.15) is 0 Å². The van der Waals surface area contributed by atoms with Crippen LogP contribution in [0.2, 0.25) is 0 Å². The molecule has 0 saturated heterocycles. The Hall–Kier alpha value is -7.09. The predicted octanol–water partition coefficient (Wildman–Crippen LogP) is 13.3. The van der Waals surface area contributed by atoms with Crippen LogP contribution in [0.15, 0.2) is 140 Å². The standard InChI is InChI=1S/C47H29F3N4/c1-28-12-19-43-37(22-28)34-8-4-6-10-41(34)53(43)45-21-15-31(33-18-16-32(47(48,49)50)26-40(33)52-3)25-39(45)36-17-14-30(27-51)24-46(36)54-42-11-7-5-9-35(42)38-23-29(2)13-20-44(38)54/h4-26H,1-2H3. The van der Waals surface area contributed by atoms with E-state index in [2.05, 4.69) is 94.6 Å². The average Bonchev–Trinajstić information content (AvgIpc) is 3.68. The number of benzene rings is 7. The molecule has 2 aromatic heterocycles. The van der Waals surface area contributed by atoms with E-state index in [-0.39, 0.29) is 5.69 Å². The summed E-state index contributed by atoms with van der Waals surface area (Å²) in [5.41, 5.74) is 9.90. The van der Waals surface area contributed by atoms with Crippen molar-refractivity contribution in [2.75, 3.05) is 0 Å². The van der Waals surface area contributed by atoms with Gasteiger partial charge in [-0.1, -0.05) is 83.9 Å². The Balaban J connectivity index is 1.41. The minimum atomic E-state index is -4.58. The lowest BCUT2D eigenvalue weighted by atomic mass is 9.93. The van der Waals surface area contributed by atoms with E-state index >= 15 is 0 Å². The Kier molecular flexibility index (Phi) is 7.44.